The van der Waals surface area contributed by atoms with Gasteiger partial charge in [-0.25, -0.2) is 0 Å². The first-order valence-electron chi connectivity index (χ1n) is 11.0. The summed E-state index contributed by atoms with van der Waals surface area (Å²) in [6, 6.07) is 4.76. The van der Waals surface area contributed by atoms with Crippen LogP contribution in [0.1, 0.15) is 44.2 Å². The molecule has 0 spiro atoms. The monoisotopic (exact) mass is 489 g/mol. The molecular weight excluding hydrogens is 466 g/mol. The smallest absolute Gasteiger partial charge is 0.296 e. The van der Waals surface area contributed by atoms with Gasteiger partial charge in [0.15, 0.2) is 23.0 Å². The summed E-state index contributed by atoms with van der Waals surface area (Å²) in [6.07, 6.45) is 2.47. The standard InChI is InChI=1S/C23H24ClN3O5S/c1-3-8-31-16-6-4-12(9-17(16)30-2)19-18-20(28)14-10-13(24)5-7-15(14)32-21(18)22(29)27(19)23-26-25-11-33-23/h4,6,9,11,13-15,19H,3,5,7-8,10H2,1-2H3. The topological polar surface area (TPSA) is 90.9 Å². The number of carbonyl (C=O) groups is 2. The average molecular weight is 490 g/mol. The molecule has 2 aliphatic heterocycles. The second-order valence-corrected chi connectivity index (χ2v) is 9.77. The van der Waals surface area contributed by atoms with Crippen LogP contribution in [0.25, 0.3) is 0 Å². The Bertz CT molecular complexity index is 1110. The Balaban J connectivity index is 1.60. The van der Waals surface area contributed by atoms with Gasteiger partial charge in [-0.1, -0.05) is 24.3 Å². The minimum absolute atomic E-state index is 0.0779. The van der Waals surface area contributed by atoms with Gasteiger partial charge in [0.25, 0.3) is 5.91 Å². The summed E-state index contributed by atoms with van der Waals surface area (Å²) in [6.45, 7) is 2.58. The molecule has 10 heteroatoms. The Morgan fingerprint density at radius 2 is 2.12 bits per heavy atom. The van der Waals surface area contributed by atoms with Crippen molar-refractivity contribution >= 4 is 39.8 Å². The Hall–Kier alpha value is -2.65. The second-order valence-electron chi connectivity index (χ2n) is 8.34. The number of aromatic nitrogens is 2. The van der Waals surface area contributed by atoms with Gasteiger partial charge in [-0.15, -0.1) is 21.8 Å². The fourth-order valence-corrected chi connectivity index (χ4v) is 5.69. The number of alkyl halides is 1. The van der Waals surface area contributed by atoms with Gasteiger partial charge in [0, 0.05) is 5.38 Å². The van der Waals surface area contributed by atoms with Gasteiger partial charge in [-0.05, 0) is 43.4 Å². The molecule has 174 valence electrons. The average Bonchev–Trinajstić information content (AvgIpc) is 3.45. The Kier molecular flexibility index (Phi) is 6.01. The van der Waals surface area contributed by atoms with E-state index in [1.54, 1.807) is 24.8 Å². The zero-order chi connectivity index (χ0) is 23.1. The van der Waals surface area contributed by atoms with Gasteiger partial charge in [0.1, 0.15) is 11.6 Å². The predicted molar refractivity (Wildman–Crippen MR) is 123 cm³/mol. The van der Waals surface area contributed by atoms with E-state index in [9.17, 15) is 9.59 Å². The molecule has 0 saturated heterocycles. The van der Waals surface area contributed by atoms with E-state index < -0.39 is 6.04 Å². The number of benzene rings is 1. The van der Waals surface area contributed by atoms with Crippen LogP contribution in [0.2, 0.25) is 0 Å². The van der Waals surface area contributed by atoms with Crippen molar-refractivity contribution in [3.8, 4) is 11.5 Å². The lowest BCUT2D eigenvalue weighted by Crippen LogP contribution is -2.41. The number of hydrogen-bond acceptors (Lipinski definition) is 8. The zero-order valence-electron chi connectivity index (χ0n) is 18.3. The third kappa shape index (κ3) is 3.77. The Morgan fingerprint density at radius 3 is 2.85 bits per heavy atom. The number of nitrogens with zero attached hydrogens (tertiary/aromatic N) is 3. The van der Waals surface area contributed by atoms with Crippen LogP contribution in [0.4, 0.5) is 5.13 Å². The highest BCUT2D eigenvalue weighted by Crippen LogP contribution is 2.49. The van der Waals surface area contributed by atoms with E-state index in [1.165, 1.54) is 16.2 Å². The quantitative estimate of drug-likeness (QED) is 0.565. The van der Waals surface area contributed by atoms with Gasteiger partial charge >= 0.3 is 0 Å². The van der Waals surface area contributed by atoms with Crippen molar-refractivity contribution in [2.45, 2.75) is 50.1 Å². The van der Waals surface area contributed by atoms with Gasteiger partial charge in [-0.2, -0.15) is 0 Å². The van der Waals surface area contributed by atoms with Crippen LogP contribution >= 0.6 is 22.9 Å². The minimum atomic E-state index is -0.696. The number of hydrogen-bond donors (Lipinski definition) is 0. The summed E-state index contributed by atoms with van der Waals surface area (Å²) in [5.74, 6) is 0.422. The number of Topliss-reactive ketones (excluding diaryl/α,β-unsaturated/α-hetero) is 1. The predicted octanol–water partition coefficient (Wildman–Crippen LogP) is 4.05. The van der Waals surface area contributed by atoms with Crippen LogP contribution in [-0.4, -0.2) is 47.1 Å². The van der Waals surface area contributed by atoms with Gasteiger partial charge < -0.3 is 14.2 Å². The fraction of sp³-hybridized carbons (Fsp3) is 0.478. The number of fused-ring (bicyclic) bond motifs is 1. The van der Waals surface area contributed by atoms with E-state index in [-0.39, 0.29) is 34.8 Å². The first-order valence-corrected chi connectivity index (χ1v) is 12.3. The van der Waals surface area contributed by atoms with Crippen LogP contribution < -0.4 is 14.4 Å². The summed E-state index contributed by atoms with van der Waals surface area (Å²) in [5, 5.41) is 8.34. The first kappa shape index (κ1) is 22.2. The number of ether oxygens (including phenoxy) is 3. The largest absolute Gasteiger partial charge is 0.493 e. The molecule has 4 atom stereocenters. The molecule has 1 aromatic carbocycles. The molecule has 1 aromatic heterocycles. The van der Waals surface area contributed by atoms with E-state index in [4.69, 9.17) is 25.8 Å². The molecule has 2 aromatic rings. The molecule has 0 bridgehead atoms. The van der Waals surface area contributed by atoms with E-state index in [0.717, 1.165) is 12.8 Å². The van der Waals surface area contributed by atoms with Gasteiger partial charge in [-0.3, -0.25) is 14.5 Å². The van der Waals surface area contributed by atoms with Crippen molar-refractivity contribution in [1.82, 2.24) is 10.2 Å². The lowest BCUT2D eigenvalue weighted by atomic mass is 9.77. The number of carbonyl (C=O) groups excluding carboxylic acids is 2. The number of ketones is 1. The van der Waals surface area contributed by atoms with Gasteiger partial charge in [0.05, 0.1) is 31.2 Å². The number of anilines is 1. The summed E-state index contributed by atoms with van der Waals surface area (Å²) < 4.78 is 17.5. The van der Waals surface area contributed by atoms with Crippen molar-refractivity contribution in [3.05, 3.63) is 40.6 Å². The Morgan fingerprint density at radius 1 is 1.27 bits per heavy atom. The van der Waals surface area contributed by atoms with Crippen LogP contribution in [0.3, 0.4) is 0 Å². The molecule has 3 aliphatic rings. The number of rotatable bonds is 6. The van der Waals surface area contributed by atoms with Crippen molar-refractivity contribution in [1.29, 1.82) is 0 Å². The van der Waals surface area contributed by atoms with Crippen LogP contribution in [-0.2, 0) is 14.3 Å². The van der Waals surface area contributed by atoms with E-state index in [0.29, 0.717) is 47.2 Å². The lowest BCUT2D eigenvalue weighted by Gasteiger charge is -2.37. The van der Waals surface area contributed by atoms with Crippen molar-refractivity contribution in [2.24, 2.45) is 5.92 Å². The van der Waals surface area contributed by atoms with Crippen LogP contribution in [0.15, 0.2) is 35.0 Å². The van der Waals surface area contributed by atoms with Crippen molar-refractivity contribution in [3.63, 3.8) is 0 Å². The summed E-state index contributed by atoms with van der Waals surface area (Å²) in [4.78, 5) is 28.7. The first-order chi connectivity index (χ1) is 16.0. The number of amides is 1. The highest BCUT2D eigenvalue weighted by atomic mass is 35.5. The maximum absolute atomic E-state index is 13.7. The maximum Gasteiger partial charge on any atom is 0.296 e. The van der Waals surface area contributed by atoms with E-state index in [1.807, 2.05) is 13.0 Å². The zero-order valence-corrected chi connectivity index (χ0v) is 19.9. The summed E-state index contributed by atoms with van der Waals surface area (Å²) in [5.41, 5.74) is 2.61. The lowest BCUT2D eigenvalue weighted by molar-refractivity contribution is -0.131. The van der Waals surface area contributed by atoms with E-state index >= 15 is 0 Å². The van der Waals surface area contributed by atoms with Gasteiger partial charge in [0.2, 0.25) is 5.13 Å². The molecule has 1 amide bonds. The highest BCUT2D eigenvalue weighted by Gasteiger charge is 2.54. The third-order valence-electron chi connectivity index (χ3n) is 6.30. The summed E-state index contributed by atoms with van der Waals surface area (Å²) in [7, 11) is 1.56. The molecule has 8 nitrogen and oxygen atoms in total. The molecule has 4 unspecified atom stereocenters. The molecule has 1 saturated carbocycles. The van der Waals surface area contributed by atoms with Crippen molar-refractivity contribution in [2.75, 3.05) is 18.6 Å². The highest BCUT2D eigenvalue weighted by molar-refractivity contribution is 7.13. The molecule has 0 radical (unpaired) electrons. The maximum atomic E-state index is 13.7. The van der Waals surface area contributed by atoms with E-state index in [2.05, 4.69) is 10.2 Å². The molecular formula is C23H24ClN3O5S. The Labute approximate surface area is 200 Å². The van der Waals surface area contributed by atoms with Crippen LogP contribution in [0.5, 0.6) is 11.5 Å². The fourth-order valence-electron chi connectivity index (χ4n) is 4.79. The normalized spacial score (nSPS) is 26.7. The molecule has 33 heavy (non-hydrogen) atoms. The molecule has 3 heterocycles. The number of methoxy groups -OCH3 is 1. The van der Waals surface area contributed by atoms with Crippen molar-refractivity contribution < 1.29 is 23.8 Å². The minimum Gasteiger partial charge on any atom is -0.493 e. The molecule has 0 N–H and O–H groups in total. The number of halogens is 1. The SMILES string of the molecule is CCCOc1ccc(C2C3=C(OC4CCC(Cl)CC4C3=O)C(=O)N2c2nncs2)cc1OC. The summed E-state index contributed by atoms with van der Waals surface area (Å²) >= 11 is 7.62. The third-order valence-corrected chi connectivity index (χ3v) is 7.39. The molecule has 1 aliphatic carbocycles. The van der Waals surface area contributed by atoms with Crippen LogP contribution in [0, 0.1) is 5.92 Å². The molecule has 1 fully saturated rings. The second kappa shape index (κ2) is 8.95. The molecule has 5 rings (SSSR count).